The third-order valence-electron chi connectivity index (χ3n) is 0.878. The van der Waals surface area contributed by atoms with Gasteiger partial charge in [0.05, 0.1) is 6.61 Å². The van der Waals surface area contributed by atoms with Crippen LogP contribution in [0.3, 0.4) is 0 Å². The van der Waals surface area contributed by atoms with E-state index in [2.05, 4.69) is 4.98 Å². The zero-order valence-electron chi connectivity index (χ0n) is 4.19. The van der Waals surface area contributed by atoms with Crippen molar-refractivity contribution in [2.75, 3.05) is 0 Å². The summed E-state index contributed by atoms with van der Waals surface area (Å²) in [5.74, 6) is -0.339. The van der Waals surface area contributed by atoms with Crippen molar-refractivity contribution >= 4 is 0 Å². The first-order valence-corrected chi connectivity index (χ1v) is 2.26. The van der Waals surface area contributed by atoms with Crippen molar-refractivity contribution in [1.82, 2.24) is 4.98 Å². The lowest BCUT2D eigenvalue weighted by Gasteiger charge is -1.81. The number of aromatic amines is 1. The van der Waals surface area contributed by atoms with Gasteiger partial charge in [-0.1, -0.05) is 0 Å². The Morgan fingerprint density at radius 1 is 1.75 bits per heavy atom. The van der Waals surface area contributed by atoms with E-state index in [1.54, 1.807) is 0 Å². The smallest absolute Gasteiger partial charge is 0.140 e. The molecule has 2 N–H and O–H groups in total. The predicted octanol–water partition coefficient (Wildman–Crippen LogP) is 0.646. The van der Waals surface area contributed by atoms with Crippen LogP contribution in [-0.2, 0) is 6.61 Å². The summed E-state index contributed by atoms with van der Waals surface area (Å²) in [6, 6.07) is 1.25. The van der Waals surface area contributed by atoms with Crippen LogP contribution in [0.1, 0.15) is 5.69 Å². The van der Waals surface area contributed by atoms with Crippen LogP contribution in [-0.4, -0.2) is 10.1 Å². The van der Waals surface area contributed by atoms with Crippen LogP contribution in [0.4, 0.5) is 4.39 Å². The summed E-state index contributed by atoms with van der Waals surface area (Å²) in [6.45, 7) is -0.135. The van der Waals surface area contributed by atoms with Gasteiger partial charge in [-0.25, -0.2) is 4.39 Å². The number of hydrogen-bond donors (Lipinski definition) is 2. The first kappa shape index (κ1) is 5.31. The summed E-state index contributed by atoms with van der Waals surface area (Å²) in [5, 5.41) is 8.35. The van der Waals surface area contributed by atoms with Gasteiger partial charge in [-0.2, -0.15) is 0 Å². The van der Waals surface area contributed by atoms with Crippen LogP contribution < -0.4 is 0 Å². The molecule has 0 saturated carbocycles. The van der Waals surface area contributed by atoms with Gasteiger partial charge in [0.15, 0.2) is 0 Å². The maximum Gasteiger partial charge on any atom is 0.140 e. The number of halogens is 1. The molecule has 0 aliphatic rings. The minimum Gasteiger partial charge on any atom is -0.390 e. The topological polar surface area (TPSA) is 36.0 Å². The summed E-state index contributed by atoms with van der Waals surface area (Å²) in [4.78, 5) is 2.53. The molecule has 0 bridgehead atoms. The van der Waals surface area contributed by atoms with Crippen molar-refractivity contribution in [3.63, 3.8) is 0 Å². The summed E-state index contributed by atoms with van der Waals surface area (Å²) in [5.41, 5.74) is 0.502. The molecular formula is C5H6FNO. The molecule has 0 aliphatic carbocycles. The van der Waals surface area contributed by atoms with E-state index in [9.17, 15) is 4.39 Å². The number of hydrogen-bond acceptors (Lipinski definition) is 1. The van der Waals surface area contributed by atoms with Crippen LogP contribution >= 0.6 is 0 Å². The fraction of sp³-hybridized carbons (Fsp3) is 0.200. The van der Waals surface area contributed by atoms with Gasteiger partial charge in [0.2, 0.25) is 0 Å². The van der Waals surface area contributed by atoms with Crippen molar-refractivity contribution in [3.05, 3.63) is 23.8 Å². The Balaban J connectivity index is 2.84. The highest BCUT2D eigenvalue weighted by Gasteiger charge is 1.92. The lowest BCUT2D eigenvalue weighted by Crippen LogP contribution is -1.78. The molecule has 0 aromatic carbocycles. The van der Waals surface area contributed by atoms with Crippen LogP contribution in [0.15, 0.2) is 12.3 Å². The largest absolute Gasteiger partial charge is 0.390 e. The average Bonchev–Trinajstić information content (AvgIpc) is 2.14. The summed E-state index contributed by atoms with van der Waals surface area (Å²) in [7, 11) is 0. The lowest BCUT2D eigenvalue weighted by atomic mass is 10.5. The lowest BCUT2D eigenvalue weighted by molar-refractivity contribution is 0.277. The molecule has 1 aromatic heterocycles. The number of rotatable bonds is 1. The monoisotopic (exact) mass is 115 g/mol. The zero-order chi connectivity index (χ0) is 5.98. The van der Waals surface area contributed by atoms with Gasteiger partial charge >= 0.3 is 0 Å². The van der Waals surface area contributed by atoms with E-state index in [4.69, 9.17) is 5.11 Å². The molecule has 0 radical (unpaired) electrons. The van der Waals surface area contributed by atoms with Crippen molar-refractivity contribution in [2.24, 2.45) is 0 Å². The molecule has 0 fully saturated rings. The van der Waals surface area contributed by atoms with Gasteiger partial charge in [-0.15, -0.1) is 0 Å². The van der Waals surface area contributed by atoms with Crippen LogP contribution in [0.5, 0.6) is 0 Å². The molecule has 0 aliphatic heterocycles. The Morgan fingerprint density at radius 3 is 2.75 bits per heavy atom. The summed E-state index contributed by atoms with van der Waals surface area (Å²) >= 11 is 0. The zero-order valence-corrected chi connectivity index (χ0v) is 4.19. The molecule has 0 saturated heterocycles. The fourth-order valence-corrected chi connectivity index (χ4v) is 0.503. The molecule has 0 spiro atoms. The highest BCUT2D eigenvalue weighted by atomic mass is 19.1. The third kappa shape index (κ3) is 0.869. The molecule has 1 heterocycles. The van der Waals surface area contributed by atoms with Gasteiger partial charge in [-0.05, 0) is 6.07 Å². The molecule has 1 aromatic rings. The van der Waals surface area contributed by atoms with Crippen molar-refractivity contribution in [3.8, 4) is 0 Å². The minimum atomic E-state index is -0.339. The van der Waals surface area contributed by atoms with Crippen LogP contribution in [0.25, 0.3) is 0 Å². The van der Waals surface area contributed by atoms with Crippen LogP contribution in [0, 0.1) is 5.82 Å². The minimum absolute atomic E-state index is 0.135. The molecule has 44 valence electrons. The Labute approximate surface area is 46.0 Å². The van der Waals surface area contributed by atoms with Gasteiger partial charge in [-0.3, -0.25) is 0 Å². The van der Waals surface area contributed by atoms with E-state index in [-0.39, 0.29) is 12.4 Å². The molecule has 3 heteroatoms. The number of aliphatic hydroxyl groups is 1. The van der Waals surface area contributed by atoms with Gasteiger partial charge in [0, 0.05) is 11.9 Å². The quantitative estimate of drug-likeness (QED) is 0.553. The predicted molar refractivity (Wildman–Crippen MR) is 26.7 cm³/mol. The normalized spacial score (nSPS) is 9.75. The Kier molecular flexibility index (Phi) is 1.30. The van der Waals surface area contributed by atoms with E-state index >= 15 is 0 Å². The highest BCUT2D eigenvalue weighted by Crippen LogP contribution is 1.98. The molecule has 8 heavy (non-hydrogen) atoms. The highest BCUT2D eigenvalue weighted by molar-refractivity contribution is 5.04. The standard InChI is InChI=1S/C5H6FNO/c6-4-1-5(3-8)7-2-4/h1-2,7-8H,3H2. The van der Waals surface area contributed by atoms with Gasteiger partial charge in [0.1, 0.15) is 5.82 Å². The molecule has 0 unspecified atom stereocenters. The van der Waals surface area contributed by atoms with E-state index in [1.807, 2.05) is 0 Å². The van der Waals surface area contributed by atoms with Gasteiger partial charge < -0.3 is 10.1 Å². The first-order valence-electron chi connectivity index (χ1n) is 2.26. The SMILES string of the molecule is OCc1cc(F)c[nH]1. The number of aliphatic hydroxyl groups excluding tert-OH is 1. The van der Waals surface area contributed by atoms with Crippen LogP contribution in [0.2, 0.25) is 0 Å². The Morgan fingerprint density at radius 2 is 2.50 bits per heavy atom. The summed E-state index contributed by atoms with van der Waals surface area (Å²) < 4.78 is 12.0. The Hall–Kier alpha value is -0.830. The summed E-state index contributed by atoms with van der Waals surface area (Å²) in [6.07, 6.45) is 1.20. The van der Waals surface area contributed by atoms with E-state index in [0.717, 1.165) is 0 Å². The second kappa shape index (κ2) is 1.96. The maximum absolute atomic E-state index is 12.0. The molecule has 2 nitrogen and oxygen atoms in total. The number of H-pyrrole nitrogens is 1. The van der Waals surface area contributed by atoms with E-state index in [0.29, 0.717) is 5.69 Å². The number of aromatic nitrogens is 1. The van der Waals surface area contributed by atoms with Gasteiger partial charge in [0.25, 0.3) is 0 Å². The maximum atomic E-state index is 12.0. The second-order valence-corrected chi connectivity index (χ2v) is 1.50. The fourth-order valence-electron chi connectivity index (χ4n) is 0.503. The molecule has 0 amide bonds. The molecular weight excluding hydrogens is 109 g/mol. The average molecular weight is 115 g/mol. The third-order valence-corrected chi connectivity index (χ3v) is 0.878. The van der Waals surface area contributed by atoms with Crippen molar-refractivity contribution in [2.45, 2.75) is 6.61 Å². The number of nitrogens with one attached hydrogen (secondary N) is 1. The van der Waals surface area contributed by atoms with Crippen molar-refractivity contribution < 1.29 is 9.50 Å². The molecule has 0 atom stereocenters. The van der Waals surface area contributed by atoms with E-state index < -0.39 is 0 Å². The Bertz CT molecular complexity index is 173. The first-order chi connectivity index (χ1) is 3.83. The molecule has 1 rings (SSSR count). The van der Waals surface area contributed by atoms with E-state index in [1.165, 1.54) is 12.3 Å². The second-order valence-electron chi connectivity index (χ2n) is 1.50. The van der Waals surface area contributed by atoms with Crippen molar-refractivity contribution in [1.29, 1.82) is 0 Å².